The number of nitrogens with one attached hydrogen (secondary N) is 1. The molecule has 0 radical (unpaired) electrons. The van der Waals surface area contributed by atoms with Crippen molar-refractivity contribution >= 4 is 5.91 Å². The molecule has 0 aliphatic rings. The van der Waals surface area contributed by atoms with Gasteiger partial charge >= 0.3 is 0 Å². The number of amides is 1. The lowest BCUT2D eigenvalue weighted by molar-refractivity contribution is -0.123. The summed E-state index contributed by atoms with van der Waals surface area (Å²) < 4.78 is 0. The number of rotatable bonds is 7. The topological polar surface area (TPSA) is 55.1 Å². The Balaban J connectivity index is 2.49. The van der Waals surface area contributed by atoms with Gasteiger partial charge in [0.2, 0.25) is 5.91 Å². The number of carbonyl (C=O) groups excluding carboxylic acids is 1. The van der Waals surface area contributed by atoms with Crippen molar-refractivity contribution in [2.75, 3.05) is 0 Å². The van der Waals surface area contributed by atoms with Crippen molar-refractivity contribution in [3.63, 3.8) is 0 Å². The molecule has 1 aromatic rings. The van der Waals surface area contributed by atoms with Crippen LogP contribution in [0.4, 0.5) is 0 Å². The molecule has 0 aromatic heterocycles. The van der Waals surface area contributed by atoms with Gasteiger partial charge in [-0.2, -0.15) is 0 Å². The van der Waals surface area contributed by atoms with Crippen molar-refractivity contribution < 1.29 is 4.79 Å². The smallest absolute Gasteiger partial charge is 0.237 e. The lowest BCUT2D eigenvalue weighted by atomic mass is 9.95. The molecule has 0 fully saturated rings. The van der Waals surface area contributed by atoms with Gasteiger partial charge in [0.05, 0.1) is 6.04 Å². The number of carbonyl (C=O) groups is 1. The minimum absolute atomic E-state index is 0.0525. The largest absolute Gasteiger partial charge is 0.352 e. The van der Waals surface area contributed by atoms with Gasteiger partial charge in [0.25, 0.3) is 0 Å². The SMILES string of the molecule is CCC(CC)C(C)NC(=O)C(N)Cc1ccccc1. The molecule has 0 saturated carbocycles. The second kappa shape index (κ2) is 7.95. The van der Waals surface area contributed by atoms with Crippen LogP contribution >= 0.6 is 0 Å². The molecule has 0 saturated heterocycles. The van der Waals surface area contributed by atoms with Crippen LogP contribution in [0.1, 0.15) is 39.2 Å². The summed E-state index contributed by atoms with van der Waals surface area (Å²) in [7, 11) is 0. The second-order valence-corrected chi connectivity index (χ2v) is 5.17. The van der Waals surface area contributed by atoms with E-state index >= 15 is 0 Å². The lowest BCUT2D eigenvalue weighted by Gasteiger charge is -2.24. The molecule has 0 heterocycles. The third-order valence-electron chi connectivity index (χ3n) is 3.76. The molecule has 1 aromatic carbocycles. The number of hydrogen-bond donors (Lipinski definition) is 2. The van der Waals surface area contributed by atoms with Gasteiger partial charge in [-0.1, -0.05) is 57.0 Å². The lowest BCUT2D eigenvalue weighted by Crippen LogP contribution is -2.47. The van der Waals surface area contributed by atoms with Crippen LogP contribution in [0.5, 0.6) is 0 Å². The maximum Gasteiger partial charge on any atom is 0.237 e. The predicted octanol–water partition coefficient (Wildman–Crippen LogP) is 2.50. The highest BCUT2D eigenvalue weighted by molar-refractivity contribution is 5.82. The zero-order valence-corrected chi connectivity index (χ0v) is 12.2. The van der Waals surface area contributed by atoms with Crippen molar-refractivity contribution in [2.24, 2.45) is 11.7 Å². The molecule has 0 aliphatic heterocycles. The highest BCUT2D eigenvalue weighted by atomic mass is 16.2. The second-order valence-electron chi connectivity index (χ2n) is 5.17. The van der Waals surface area contributed by atoms with Crippen LogP contribution in [-0.2, 0) is 11.2 Å². The van der Waals surface area contributed by atoms with E-state index in [-0.39, 0.29) is 11.9 Å². The van der Waals surface area contributed by atoms with E-state index in [1.54, 1.807) is 0 Å². The van der Waals surface area contributed by atoms with Crippen LogP contribution in [-0.4, -0.2) is 18.0 Å². The highest BCUT2D eigenvalue weighted by Crippen LogP contribution is 2.12. The molecule has 3 heteroatoms. The molecule has 0 bridgehead atoms. The summed E-state index contributed by atoms with van der Waals surface area (Å²) in [6.07, 6.45) is 2.74. The Morgan fingerprint density at radius 3 is 2.32 bits per heavy atom. The average molecular weight is 262 g/mol. The van der Waals surface area contributed by atoms with Crippen LogP contribution in [0, 0.1) is 5.92 Å². The van der Waals surface area contributed by atoms with Crippen LogP contribution in [0.2, 0.25) is 0 Å². The van der Waals surface area contributed by atoms with E-state index in [1.165, 1.54) is 0 Å². The van der Waals surface area contributed by atoms with Gasteiger partial charge in [-0.15, -0.1) is 0 Å². The Morgan fingerprint density at radius 2 is 1.79 bits per heavy atom. The van der Waals surface area contributed by atoms with Crippen molar-refractivity contribution in [2.45, 2.75) is 52.1 Å². The molecule has 3 nitrogen and oxygen atoms in total. The summed E-state index contributed by atoms with van der Waals surface area (Å²) in [6.45, 7) is 6.37. The summed E-state index contributed by atoms with van der Waals surface area (Å²) >= 11 is 0. The molecular formula is C16H26N2O. The predicted molar refractivity (Wildman–Crippen MR) is 79.8 cm³/mol. The van der Waals surface area contributed by atoms with E-state index in [4.69, 9.17) is 5.73 Å². The first-order valence-corrected chi connectivity index (χ1v) is 7.18. The van der Waals surface area contributed by atoms with E-state index in [0.717, 1.165) is 18.4 Å². The first-order valence-electron chi connectivity index (χ1n) is 7.18. The minimum atomic E-state index is -0.473. The normalized spacial score (nSPS) is 14.2. The van der Waals surface area contributed by atoms with E-state index in [0.29, 0.717) is 12.3 Å². The van der Waals surface area contributed by atoms with Crippen LogP contribution in [0.25, 0.3) is 0 Å². The van der Waals surface area contributed by atoms with Crippen LogP contribution < -0.4 is 11.1 Å². The van der Waals surface area contributed by atoms with E-state index < -0.39 is 6.04 Å². The van der Waals surface area contributed by atoms with E-state index in [9.17, 15) is 4.79 Å². The van der Waals surface area contributed by atoms with E-state index in [1.807, 2.05) is 30.3 Å². The monoisotopic (exact) mass is 262 g/mol. The zero-order valence-electron chi connectivity index (χ0n) is 12.2. The van der Waals surface area contributed by atoms with Gasteiger partial charge in [-0.3, -0.25) is 4.79 Å². The van der Waals surface area contributed by atoms with Crippen LogP contribution in [0.15, 0.2) is 30.3 Å². The van der Waals surface area contributed by atoms with E-state index in [2.05, 4.69) is 26.1 Å². The van der Waals surface area contributed by atoms with Crippen molar-refractivity contribution in [3.8, 4) is 0 Å². The van der Waals surface area contributed by atoms with Gasteiger partial charge in [-0.25, -0.2) is 0 Å². The summed E-state index contributed by atoms with van der Waals surface area (Å²) in [5.74, 6) is 0.469. The molecule has 106 valence electrons. The third kappa shape index (κ3) is 5.03. The molecule has 1 rings (SSSR count). The Kier molecular flexibility index (Phi) is 6.57. The van der Waals surface area contributed by atoms with Crippen molar-refractivity contribution in [1.82, 2.24) is 5.32 Å². The molecule has 3 N–H and O–H groups in total. The highest BCUT2D eigenvalue weighted by Gasteiger charge is 2.20. The minimum Gasteiger partial charge on any atom is -0.352 e. The third-order valence-corrected chi connectivity index (χ3v) is 3.76. The molecule has 2 unspecified atom stereocenters. The maximum atomic E-state index is 12.1. The van der Waals surface area contributed by atoms with Gasteiger partial charge < -0.3 is 11.1 Å². The Hall–Kier alpha value is -1.35. The Morgan fingerprint density at radius 1 is 1.21 bits per heavy atom. The number of nitrogens with two attached hydrogens (primary N) is 1. The van der Waals surface area contributed by atoms with Crippen LogP contribution in [0.3, 0.4) is 0 Å². The first-order chi connectivity index (χ1) is 9.08. The summed E-state index contributed by atoms with van der Waals surface area (Å²) in [5.41, 5.74) is 7.07. The van der Waals surface area contributed by atoms with Gasteiger partial charge in [-0.05, 0) is 24.8 Å². The van der Waals surface area contributed by atoms with Gasteiger partial charge in [0.15, 0.2) is 0 Å². The summed E-state index contributed by atoms with van der Waals surface area (Å²) in [6, 6.07) is 9.60. The standard InChI is InChI=1S/C16H26N2O/c1-4-14(5-2)12(3)18-16(19)15(17)11-13-9-7-6-8-10-13/h6-10,12,14-15H,4-5,11,17H2,1-3H3,(H,18,19). The molecule has 19 heavy (non-hydrogen) atoms. The average Bonchev–Trinajstić information content (AvgIpc) is 2.41. The molecule has 0 aliphatic carbocycles. The van der Waals surface area contributed by atoms with Gasteiger partial charge in [0.1, 0.15) is 0 Å². The van der Waals surface area contributed by atoms with Crippen molar-refractivity contribution in [3.05, 3.63) is 35.9 Å². The van der Waals surface area contributed by atoms with Crippen molar-refractivity contribution in [1.29, 1.82) is 0 Å². The molecule has 0 spiro atoms. The quantitative estimate of drug-likeness (QED) is 0.793. The number of benzene rings is 1. The molecular weight excluding hydrogens is 236 g/mol. The molecule has 2 atom stereocenters. The molecule has 1 amide bonds. The first kappa shape index (κ1) is 15.7. The Labute approximate surface area is 116 Å². The maximum absolute atomic E-state index is 12.1. The Bertz CT molecular complexity index is 374. The summed E-state index contributed by atoms with van der Waals surface area (Å²) in [5, 5.41) is 3.04. The fourth-order valence-corrected chi connectivity index (χ4v) is 2.41. The summed E-state index contributed by atoms with van der Waals surface area (Å²) in [4.78, 5) is 12.1. The fourth-order valence-electron chi connectivity index (χ4n) is 2.41. The zero-order chi connectivity index (χ0) is 14.3. The number of hydrogen-bond acceptors (Lipinski definition) is 2. The van der Waals surface area contributed by atoms with Gasteiger partial charge in [0, 0.05) is 6.04 Å². The fraction of sp³-hybridized carbons (Fsp3) is 0.562.